The Morgan fingerprint density at radius 3 is 2.62 bits per heavy atom. The molecule has 0 bridgehead atoms. The third-order valence-electron chi connectivity index (χ3n) is 5.51. The number of rotatable bonds is 5. The fourth-order valence-corrected chi connectivity index (χ4v) is 5.44. The first-order valence-electron chi connectivity index (χ1n) is 10.1. The van der Waals surface area contributed by atoms with Gasteiger partial charge in [-0.15, -0.1) is 0 Å². The van der Waals surface area contributed by atoms with Gasteiger partial charge in [0, 0.05) is 36.2 Å². The van der Waals surface area contributed by atoms with E-state index in [1.54, 1.807) is 36.0 Å². The van der Waals surface area contributed by atoms with E-state index < -0.39 is 21.8 Å². The van der Waals surface area contributed by atoms with Crippen LogP contribution in [0, 0.1) is 18.7 Å². The second-order valence-electron chi connectivity index (χ2n) is 7.66. The highest BCUT2D eigenvalue weighted by Gasteiger charge is 2.33. The van der Waals surface area contributed by atoms with Crippen LogP contribution in [0.4, 0.5) is 10.1 Å². The summed E-state index contributed by atoms with van der Waals surface area (Å²) in [5.74, 6) is -0.735. The van der Waals surface area contributed by atoms with Gasteiger partial charge in [0.15, 0.2) is 0 Å². The van der Waals surface area contributed by atoms with Gasteiger partial charge in [-0.05, 0) is 62.2 Å². The van der Waals surface area contributed by atoms with E-state index in [2.05, 4.69) is 10.3 Å². The fourth-order valence-electron chi connectivity index (χ4n) is 3.79. The number of benzene rings is 2. The summed E-state index contributed by atoms with van der Waals surface area (Å²) in [5.41, 5.74) is 0.641. The Morgan fingerprint density at radius 2 is 1.97 bits per heavy atom. The van der Waals surface area contributed by atoms with Gasteiger partial charge in [0.05, 0.1) is 16.5 Å². The van der Waals surface area contributed by atoms with E-state index in [-0.39, 0.29) is 17.3 Å². The zero-order chi connectivity index (χ0) is 22.9. The maximum absolute atomic E-state index is 14.6. The van der Waals surface area contributed by atoms with Gasteiger partial charge in [-0.25, -0.2) is 17.8 Å². The van der Waals surface area contributed by atoms with Crippen molar-refractivity contribution in [1.82, 2.24) is 13.9 Å². The highest BCUT2D eigenvalue weighted by atomic mass is 35.5. The molecule has 7 nitrogen and oxygen atoms in total. The minimum atomic E-state index is -3.73. The predicted molar refractivity (Wildman–Crippen MR) is 120 cm³/mol. The van der Waals surface area contributed by atoms with Crippen LogP contribution in [0.1, 0.15) is 18.7 Å². The van der Waals surface area contributed by atoms with E-state index in [9.17, 15) is 17.6 Å². The zero-order valence-electron chi connectivity index (χ0n) is 17.3. The van der Waals surface area contributed by atoms with E-state index in [0.29, 0.717) is 41.6 Å². The molecule has 2 aromatic carbocycles. The van der Waals surface area contributed by atoms with Crippen molar-refractivity contribution in [3.63, 3.8) is 0 Å². The van der Waals surface area contributed by atoms with Crippen LogP contribution in [0.2, 0.25) is 5.02 Å². The smallest absolute Gasteiger partial charge is 0.243 e. The summed E-state index contributed by atoms with van der Waals surface area (Å²) < 4.78 is 43.4. The fraction of sp³-hybridized carbons (Fsp3) is 0.273. The molecule has 1 aromatic heterocycles. The van der Waals surface area contributed by atoms with E-state index in [1.165, 1.54) is 34.6 Å². The number of aryl methyl sites for hydroxylation is 1. The second kappa shape index (κ2) is 9.01. The number of sulfonamides is 1. The quantitative estimate of drug-likeness (QED) is 0.603. The number of imidazole rings is 1. The molecule has 0 saturated carbocycles. The van der Waals surface area contributed by atoms with Gasteiger partial charge in [-0.1, -0.05) is 11.6 Å². The standard InChI is InChI=1S/C22H22ClFN4O3S/c1-15-25-10-12-28(15)21-9-6-18(13-20(21)24)26-22(29)16-3-2-11-27(14-16)32(30,31)19-7-4-17(23)5-8-19/h4-10,12-13,16H,2-3,11,14H2,1H3,(H,26,29). The molecule has 1 atom stereocenters. The molecule has 2 heterocycles. The lowest BCUT2D eigenvalue weighted by Crippen LogP contribution is -2.43. The number of hydrogen-bond acceptors (Lipinski definition) is 4. The molecular weight excluding hydrogens is 455 g/mol. The number of halogens is 2. The maximum Gasteiger partial charge on any atom is 0.243 e. The molecule has 32 heavy (non-hydrogen) atoms. The average Bonchev–Trinajstić information content (AvgIpc) is 3.20. The highest BCUT2D eigenvalue weighted by molar-refractivity contribution is 7.89. The first kappa shape index (κ1) is 22.4. The number of nitrogens with zero attached hydrogens (tertiary/aromatic N) is 3. The minimum absolute atomic E-state index is 0.0611. The van der Waals surface area contributed by atoms with Crippen LogP contribution in [0.5, 0.6) is 0 Å². The van der Waals surface area contributed by atoms with Crippen molar-refractivity contribution < 1.29 is 17.6 Å². The third-order valence-corrected chi connectivity index (χ3v) is 7.64. The SMILES string of the molecule is Cc1nccn1-c1ccc(NC(=O)C2CCCN(S(=O)(=O)c3ccc(Cl)cc3)C2)cc1F. The number of carbonyl (C=O) groups is 1. The van der Waals surface area contributed by atoms with Crippen molar-refractivity contribution in [2.45, 2.75) is 24.7 Å². The van der Waals surface area contributed by atoms with Crippen molar-refractivity contribution in [2.75, 3.05) is 18.4 Å². The summed E-state index contributed by atoms with van der Waals surface area (Å²) in [7, 11) is -3.73. The zero-order valence-corrected chi connectivity index (χ0v) is 18.9. The molecule has 1 unspecified atom stereocenters. The maximum atomic E-state index is 14.6. The van der Waals surface area contributed by atoms with Crippen molar-refractivity contribution >= 4 is 33.2 Å². The Balaban J connectivity index is 1.46. The van der Waals surface area contributed by atoms with Crippen molar-refractivity contribution in [2.24, 2.45) is 5.92 Å². The average molecular weight is 477 g/mol. The van der Waals surface area contributed by atoms with Crippen LogP contribution in [0.25, 0.3) is 5.69 Å². The molecule has 1 saturated heterocycles. The summed E-state index contributed by atoms with van der Waals surface area (Å²) in [5, 5.41) is 3.16. The number of hydrogen-bond donors (Lipinski definition) is 1. The minimum Gasteiger partial charge on any atom is -0.326 e. The molecule has 1 fully saturated rings. The summed E-state index contributed by atoms with van der Waals surface area (Å²) >= 11 is 5.85. The van der Waals surface area contributed by atoms with Gasteiger partial charge in [-0.3, -0.25) is 4.79 Å². The molecule has 168 valence electrons. The third kappa shape index (κ3) is 4.55. The normalized spacial score (nSPS) is 17.3. The monoisotopic (exact) mass is 476 g/mol. The summed E-state index contributed by atoms with van der Waals surface area (Å²) in [6, 6.07) is 10.4. The summed E-state index contributed by atoms with van der Waals surface area (Å²) in [6.07, 6.45) is 4.34. The van der Waals surface area contributed by atoms with Crippen molar-refractivity contribution in [3.05, 3.63) is 71.5 Å². The number of amides is 1. The molecule has 4 rings (SSSR count). The molecule has 0 aliphatic carbocycles. The van der Waals surface area contributed by atoms with E-state index in [1.807, 2.05) is 0 Å². The lowest BCUT2D eigenvalue weighted by molar-refractivity contribution is -0.120. The Kier molecular flexibility index (Phi) is 6.32. The Morgan fingerprint density at radius 1 is 1.22 bits per heavy atom. The second-order valence-corrected chi connectivity index (χ2v) is 10.0. The van der Waals surface area contributed by atoms with Crippen molar-refractivity contribution in [3.8, 4) is 5.69 Å². The van der Waals surface area contributed by atoms with Gasteiger partial charge in [0.1, 0.15) is 11.6 Å². The van der Waals surface area contributed by atoms with Crippen molar-refractivity contribution in [1.29, 1.82) is 0 Å². The van der Waals surface area contributed by atoms with Crippen LogP contribution in [0.3, 0.4) is 0 Å². The Bertz CT molecular complexity index is 1240. The highest BCUT2D eigenvalue weighted by Crippen LogP contribution is 2.26. The molecule has 1 aliphatic heterocycles. The van der Waals surface area contributed by atoms with Crippen LogP contribution in [0.15, 0.2) is 59.8 Å². The molecular formula is C22H22ClFN4O3S. The topological polar surface area (TPSA) is 84.3 Å². The lowest BCUT2D eigenvalue weighted by atomic mass is 9.98. The lowest BCUT2D eigenvalue weighted by Gasteiger charge is -2.31. The van der Waals surface area contributed by atoms with Crippen LogP contribution in [-0.2, 0) is 14.8 Å². The Labute approximate surface area is 190 Å². The Hall–Kier alpha value is -2.75. The first-order chi connectivity index (χ1) is 15.3. The predicted octanol–water partition coefficient (Wildman–Crippen LogP) is 4.01. The molecule has 10 heteroatoms. The van der Waals surface area contributed by atoms with Gasteiger partial charge in [0.25, 0.3) is 0 Å². The molecule has 0 radical (unpaired) electrons. The van der Waals surface area contributed by atoms with E-state index in [0.717, 1.165) is 0 Å². The summed E-state index contributed by atoms with van der Waals surface area (Å²) in [6.45, 7) is 2.16. The van der Waals surface area contributed by atoms with Gasteiger partial charge in [0.2, 0.25) is 15.9 Å². The molecule has 0 spiro atoms. The number of nitrogens with one attached hydrogen (secondary N) is 1. The largest absolute Gasteiger partial charge is 0.326 e. The number of aromatic nitrogens is 2. The first-order valence-corrected chi connectivity index (χ1v) is 11.9. The molecule has 1 amide bonds. The molecule has 1 N–H and O–H groups in total. The van der Waals surface area contributed by atoms with Gasteiger partial charge < -0.3 is 9.88 Å². The number of carbonyl (C=O) groups excluding carboxylic acids is 1. The van der Waals surface area contributed by atoms with Crippen LogP contribution >= 0.6 is 11.6 Å². The van der Waals surface area contributed by atoms with E-state index in [4.69, 9.17) is 11.6 Å². The van der Waals surface area contributed by atoms with Crippen LogP contribution in [-0.4, -0.2) is 41.3 Å². The molecule has 1 aliphatic rings. The molecule has 3 aromatic rings. The summed E-state index contributed by atoms with van der Waals surface area (Å²) in [4.78, 5) is 17.0. The van der Waals surface area contributed by atoms with E-state index >= 15 is 0 Å². The van der Waals surface area contributed by atoms with Gasteiger partial charge >= 0.3 is 0 Å². The number of anilines is 1. The van der Waals surface area contributed by atoms with Crippen LogP contribution < -0.4 is 5.32 Å². The van der Waals surface area contributed by atoms with Gasteiger partial charge in [-0.2, -0.15) is 4.31 Å². The number of piperidine rings is 1.